The molecule has 0 radical (unpaired) electrons. The summed E-state index contributed by atoms with van der Waals surface area (Å²) in [6, 6.07) is 18.0. The van der Waals surface area contributed by atoms with Gasteiger partial charge in [0.2, 0.25) is 0 Å². The zero-order chi connectivity index (χ0) is 19.2. The van der Waals surface area contributed by atoms with Crippen LogP contribution in [-0.4, -0.2) is 12.7 Å². The summed E-state index contributed by atoms with van der Waals surface area (Å²) < 4.78 is 40.2. The smallest absolute Gasteiger partial charge is 0.347 e. The zero-order valence-electron chi connectivity index (χ0n) is 15.1. The van der Waals surface area contributed by atoms with E-state index in [1.165, 1.54) is 0 Å². The second kappa shape index (κ2) is 8.75. The van der Waals surface area contributed by atoms with E-state index in [0.29, 0.717) is 18.0 Å². The van der Waals surface area contributed by atoms with Crippen molar-refractivity contribution < 1.29 is 13.2 Å². The largest absolute Gasteiger partial charge is 0.416 e. The summed E-state index contributed by atoms with van der Waals surface area (Å²) in [6.07, 6.45) is -2.04. The molecule has 0 saturated carbocycles. The van der Waals surface area contributed by atoms with Gasteiger partial charge in [0.15, 0.2) is 0 Å². The number of halogens is 3. The van der Waals surface area contributed by atoms with Crippen molar-refractivity contribution in [2.75, 3.05) is 11.4 Å². The summed E-state index contributed by atoms with van der Waals surface area (Å²) in [5, 5.41) is 0. The number of nitrogens with zero attached hydrogens (tertiary/aromatic N) is 1. The molecule has 0 aliphatic heterocycles. The van der Waals surface area contributed by atoms with Crippen LogP contribution < -0.4 is 4.90 Å². The van der Waals surface area contributed by atoms with E-state index in [4.69, 9.17) is 0 Å². The van der Waals surface area contributed by atoms with E-state index < -0.39 is 11.7 Å². The van der Waals surface area contributed by atoms with Crippen LogP contribution in [0, 0.1) is 5.92 Å². The molecule has 138 valence electrons. The number of hydrogen-bond acceptors (Lipinski definition) is 1. The normalized spacial score (nSPS) is 12.3. The quantitative estimate of drug-likeness (QED) is 0.497. The molecule has 2 rings (SSSR count). The highest BCUT2D eigenvalue weighted by Crippen LogP contribution is 2.36. The number of benzene rings is 2. The molecule has 1 nitrogen and oxygen atoms in total. The summed E-state index contributed by atoms with van der Waals surface area (Å²) in [7, 11) is 0. The standard InChI is InChI=1S/C22H24F3N/c1-17(2)14-15-26(20-12-8-5-9-13-20)16-21(18(3)22(23,24)25)19-10-6-4-7-11-19/h4-13,16-17H,3,14-15H2,1-2H3/b21-16+. The van der Waals surface area contributed by atoms with Crippen molar-refractivity contribution in [2.45, 2.75) is 26.4 Å². The van der Waals surface area contributed by atoms with Gasteiger partial charge in [0, 0.05) is 24.0 Å². The minimum atomic E-state index is -4.48. The molecule has 2 aromatic rings. The minimum absolute atomic E-state index is 0.0886. The van der Waals surface area contributed by atoms with Crippen molar-refractivity contribution in [1.82, 2.24) is 0 Å². The van der Waals surface area contributed by atoms with Crippen LogP contribution in [-0.2, 0) is 0 Å². The van der Waals surface area contributed by atoms with Crippen molar-refractivity contribution in [1.29, 1.82) is 0 Å². The number of para-hydroxylation sites is 1. The second-order valence-electron chi connectivity index (χ2n) is 6.60. The molecule has 0 atom stereocenters. The highest BCUT2D eigenvalue weighted by Gasteiger charge is 2.35. The Morgan fingerprint density at radius 1 is 1.00 bits per heavy atom. The van der Waals surface area contributed by atoms with Gasteiger partial charge < -0.3 is 4.90 Å². The lowest BCUT2D eigenvalue weighted by Gasteiger charge is -2.25. The first kappa shape index (κ1) is 19.8. The molecule has 0 unspecified atom stereocenters. The first-order valence-electron chi connectivity index (χ1n) is 8.64. The lowest BCUT2D eigenvalue weighted by Crippen LogP contribution is -2.21. The fourth-order valence-corrected chi connectivity index (χ4v) is 2.54. The molecule has 0 N–H and O–H groups in total. The summed E-state index contributed by atoms with van der Waals surface area (Å²) in [5.41, 5.74) is 0.608. The Labute approximate surface area is 153 Å². The molecule has 4 heteroatoms. The van der Waals surface area contributed by atoms with E-state index in [9.17, 15) is 13.2 Å². The second-order valence-corrected chi connectivity index (χ2v) is 6.60. The number of alkyl halides is 3. The molecule has 0 heterocycles. The van der Waals surface area contributed by atoms with Crippen LogP contribution in [0.5, 0.6) is 0 Å². The van der Waals surface area contributed by atoms with E-state index in [-0.39, 0.29) is 5.57 Å². The van der Waals surface area contributed by atoms with Gasteiger partial charge >= 0.3 is 6.18 Å². The summed E-state index contributed by atoms with van der Waals surface area (Å²) >= 11 is 0. The molecule has 0 fully saturated rings. The maximum absolute atomic E-state index is 13.4. The Morgan fingerprint density at radius 3 is 2.04 bits per heavy atom. The van der Waals surface area contributed by atoms with Crippen LogP contribution in [0.4, 0.5) is 18.9 Å². The Hall–Kier alpha value is -2.49. The van der Waals surface area contributed by atoms with Gasteiger partial charge in [0.1, 0.15) is 0 Å². The van der Waals surface area contributed by atoms with Gasteiger partial charge in [-0.25, -0.2) is 0 Å². The third-order valence-corrected chi connectivity index (χ3v) is 4.07. The Bertz CT molecular complexity index is 731. The van der Waals surface area contributed by atoms with E-state index in [1.807, 2.05) is 35.2 Å². The topological polar surface area (TPSA) is 3.24 Å². The monoisotopic (exact) mass is 359 g/mol. The van der Waals surface area contributed by atoms with E-state index in [1.54, 1.807) is 36.5 Å². The lowest BCUT2D eigenvalue weighted by atomic mass is 9.99. The maximum Gasteiger partial charge on any atom is 0.416 e. The summed E-state index contributed by atoms with van der Waals surface area (Å²) in [5.74, 6) is 0.445. The fraction of sp³-hybridized carbons (Fsp3) is 0.273. The molecule has 2 aromatic carbocycles. The van der Waals surface area contributed by atoms with Crippen LogP contribution in [0.1, 0.15) is 25.8 Å². The predicted molar refractivity (Wildman–Crippen MR) is 103 cm³/mol. The average molecular weight is 359 g/mol. The van der Waals surface area contributed by atoms with Gasteiger partial charge in [-0.05, 0) is 30.0 Å². The number of rotatable bonds is 7. The highest BCUT2D eigenvalue weighted by atomic mass is 19.4. The van der Waals surface area contributed by atoms with Crippen LogP contribution in [0.2, 0.25) is 0 Å². The first-order valence-corrected chi connectivity index (χ1v) is 8.64. The lowest BCUT2D eigenvalue weighted by molar-refractivity contribution is -0.0867. The molecule has 0 aliphatic rings. The van der Waals surface area contributed by atoms with Crippen LogP contribution >= 0.6 is 0 Å². The van der Waals surface area contributed by atoms with Gasteiger partial charge in [-0.2, -0.15) is 13.2 Å². The number of allylic oxidation sites excluding steroid dienone is 2. The summed E-state index contributed by atoms with van der Waals surface area (Å²) in [6.45, 7) is 8.15. The van der Waals surface area contributed by atoms with Crippen molar-refractivity contribution in [3.8, 4) is 0 Å². The Morgan fingerprint density at radius 2 is 1.54 bits per heavy atom. The van der Waals surface area contributed by atoms with Gasteiger partial charge in [0.25, 0.3) is 0 Å². The van der Waals surface area contributed by atoms with Crippen molar-refractivity contribution >= 4 is 11.3 Å². The molecular formula is C22H24F3N. The van der Waals surface area contributed by atoms with Gasteiger partial charge in [0.05, 0.1) is 5.57 Å². The Balaban J connectivity index is 2.50. The van der Waals surface area contributed by atoms with Crippen molar-refractivity contribution in [3.05, 3.63) is 84.6 Å². The van der Waals surface area contributed by atoms with Crippen molar-refractivity contribution in [3.63, 3.8) is 0 Å². The highest BCUT2D eigenvalue weighted by molar-refractivity contribution is 5.81. The molecule has 0 amide bonds. The number of hydrogen-bond donors (Lipinski definition) is 0. The van der Waals surface area contributed by atoms with Crippen molar-refractivity contribution in [2.24, 2.45) is 5.92 Å². The molecule has 0 aliphatic carbocycles. The molecule has 0 bridgehead atoms. The first-order chi connectivity index (χ1) is 12.3. The van der Waals surface area contributed by atoms with Crippen LogP contribution in [0.3, 0.4) is 0 Å². The fourth-order valence-electron chi connectivity index (χ4n) is 2.54. The average Bonchev–Trinajstić information content (AvgIpc) is 2.62. The molecule has 0 aromatic heterocycles. The predicted octanol–water partition coefficient (Wildman–Crippen LogP) is 6.70. The molecular weight excluding hydrogens is 335 g/mol. The molecule has 0 saturated heterocycles. The minimum Gasteiger partial charge on any atom is -0.347 e. The Kier molecular flexibility index (Phi) is 6.67. The SMILES string of the molecule is C=C(/C(=C\N(CCC(C)C)c1ccccc1)c1ccccc1)C(F)(F)F. The van der Waals surface area contributed by atoms with Crippen LogP contribution in [0.15, 0.2) is 79.0 Å². The molecule has 26 heavy (non-hydrogen) atoms. The van der Waals surface area contributed by atoms with E-state index in [0.717, 1.165) is 12.1 Å². The summed E-state index contributed by atoms with van der Waals surface area (Å²) in [4.78, 5) is 1.87. The van der Waals surface area contributed by atoms with E-state index in [2.05, 4.69) is 20.4 Å². The third-order valence-electron chi connectivity index (χ3n) is 4.07. The van der Waals surface area contributed by atoms with Crippen LogP contribution in [0.25, 0.3) is 5.57 Å². The van der Waals surface area contributed by atoms with Gasteiger partial charge in [-0.3, -0.25) is 0 Å². The maximum atomic E-state index is 13.4. The van der Waals surface area contributed by atoms with E-state index >= 15 is 0 Å². The third kappa shape index (κ3) is 5.51. The number of anilines is 1. The van der Waals surface area contributed by atoms with Gasteiger partial charge in [-0.15, -0.1) is 0 Å². The van der Waals surface area contributed by atoms with Gasteiger partial charge in [-0.1, -0.05) is 69.0 Å². The zero-order valence-corrected chi connectivity index (χ0v) is 15.1. The molecule has 0 spiro atoms.